The molecule has 0 unspecified atom stereocenters. The van der Waals surface area contributed by atoms with Crippen LogP contribution in [0.2, 0.25) is 0 Å². The van der Waals surface area contributed by atoms with Gasteiger partial charge >= 0.3 is 0 Å². The fourth-order valence-electron chi connectivity index (χ4n) is 1.12. The lowest BCUT2D eigenvalue weighted by Crippen LogP contribution is -2.16. The Balaban J connectivity index is 2.73. The van der Waals surface area contributed by atoms with E-state index in [1.165, 1.54) is 32.1 Å². The number of unbranched alkanes of at least 4 members (excludes halogenated alkanes) is 4. The van der Waals surface area contributed by atoms with Crippen molar-refractivity contribution in [2.24, 2.45) is 5.73 Å². The average Bonchev–Trinajstić information content (AvgIpc) is 2.10. The second-order valence-corrected chi connectivity index (χ2v) is 3.16. The molecule has 0 aromatic heterocycles. The van der Waals surface area contributed by atoms with Gasteiger partial charge in [-0.15, -0.1) is 0 Å². The number of hydrogen-bond donors (Lipinski definition) is 2. The molecule has 0 rings (SSSR count). The molecule has 1 radical (unpaired) electrons. The van der Waals surface area contributed by atoms with Crippen molar-refractivity contribution >= 4 is 0 Å². The van der Waals surface area contributed by atoms with Crippen LogP contribution in [0.15, 0.2) is 0 Å². The fraction of sp³-hybridized carbons (Fsp3) is 0.900. The third-order valence-electron chi connectivity index (χ3n) is 1.91. The van der Waals surface area contributed by atoms with Crippen LogP contribution in [0, 0.1) is 6.92 Å². The first-order chi connectivity index (χ1) is 5.91. The van der Waals surface area contributed by atoms with E-state index in [2.05, 4.69) is 12.2 Å². The first kappa shape index (κ1) is 11.9. The summed E-state index contributed by atoms with van der Waals surface area (Å²) in [6.45, 7) is 6.91. The zero-order valence-electron chi connectivity index (χ0n) is 8.15. The summed E-state index contributed by atoms with van der Waals surface area (Å²) in [4.78, 5) is 0. The Kier molecular flexibility index (Phi) is 10.8. The van der Waals surface area contributed by atoms with Crippen LogP contribution in [0.3, 0.4) is 0 Å². The van der Waals surface area contributed by atoms with Crippen molar-refractivity contribution in [1.82, 2.24) is 5.32 Å². The van der Waals surface area contributed by atoms with Crippen LogP contribution in [0.1, 0.15) is 38.5 Å². The van der Waals surface area contributed by atoms with Gasteiger partial charge in [-0.2, -0.15) is 0 Å². The highest BCUT2D eigenvalue weighted by Crippen LogP contribution is 1.96. The van der Waals surface area contributed by atoms with Crippen LogP contribution in [0.4, 0.5) is 0 Å². The molecule has 2 nitrogen and oxygen atoms in total. The molecular weight excluding hydrogens is 148 g/mol. The van der Waals surface area contributed by atoms with Gasteiger partial charge in [0.1, 0.15) is 0 Å². The number of nitrogens with two attached hydrogens (primary N) is 1. The van der Waals surface area contributed by atoms with Gasteiger partial charge in [0.05, 0.1) is 0 Å². The third kappa shape index (κ3) is 9.92. The first-order valence-electron chi connectivity index (χ1n) is 5.12. The highest BCUT2D eigenvalue weighted by atomic mass is 14.8. The zero-order valence-corrected chi connectivity index (χ0v) is 8.15. The molecule has 0 aliphatic heterocycles. The summed E-state index contributed by atoms with van der Waals surface area (Å²) < 4.78 is 0. The Bertz CT molecular complexity index is 64.2. The summed E-state index contributed by atoms with van der Waals surface area (Å²) in [6, 6.07) is 0. The van der Waals surface area contributed by atoms with Gasteiger partial charge < -0.3 is 11.1 Å². The van der Waals surface area contributed by atoms with Crippen molar-refractivity contribution in [3.63, 3.8) is 0 Å². The van der Waals surface area contributed by atoms with Gasteiger partial charge in [-0.05, 0) is 38.9 Å². The van der Waals surface area contributed by atoms with E-state index in [0.29, 0.717) is 0 Å². The maximum Gasteiger partial charge on any atom is -0.00489 e. The van der Waals surface area contributed by atoms with Gasteiger partial charge in [-0.25, -0.2) is 0 Å². The minimum Gasteiger partial charge on any atom is -0.330 e. The standard InChI is InChI=1S/C10H23N2/c1-2-3-9-12-10-7-5-4-6-8-11/h12H,1-11H2. The molecule has 0 atom stereocenters. The minimum absolute atomic E-state index is 0.842. The van der Waals surface area contributed by atoms with Crippen LogP contribution in [-0.4, -0.2) is 19.6 Å². The van der Waals surface area contributed by atoms with E-state index in [9.17, 15) is 0 Å². The van der Waals surface area contributed by atoms with E-state index in [1.54, 1.807) is 0 Å². The lowest BCUT2D eigenvalue weighted by Gasteiger charge is -2.02. The highest BCUT2D eigenvalue weighted by molar-refractivity contribution is 4.50. The first-order valence-corrected chi connectivity index (χ1v) is 5.12. The summed E-state index contributed by atoms with van der Waals surface area (Å²) in [6.07, 6.45) is 7.31. The number of hydrogen-bond acceptors (Lipinski definition) is 2. The summed E-state index contributed by atoms with van der Waals surface area (Å²) in [7, 11) is 0. The predicted molar refractivity (Wildman–Crippen MR) is 55.0 cm³/mol. The molecular formula is C10H23N2. The molecule has 3 N–H and O–H groups in total. The fourth-order valence-corrected chi connectivity index (χ4v) is 1.12. The van der Waals surface area contributed by atoms with E-state index in [4.69, 9.17) is 5.73 Å². The summed E-state index contributed by atoms with van der Waals surface area (Å²) in [5, 5.41) is 3.39. The molecule has 2 heteroatoms. The summed E-state index contributed by atoms with van der Waals surface area (Å²) in [5.41, 5.74) is 5.39. The minimum atomic E-state index is 0.842. The molecule has 0 aliphatic rings. The Morgan fingerprint density at radius 2 is 1.58 bits per heavy atom. The Morgan fingerprint density at radius 3 is 2.25 bits per heavy atom. The molecule has 0 saturated carbocycles. The van der Waals surface area contributed by atoms with E-state index in [1.807, 2.05) is 0 Å². The second-order valence-electron chi connectivity index (χ2n) is 3.16. The lowest BCUT2D eigenvalue weighted by molar-refractivity contribution is 0.581. The Labute approximate surface area is 76.9 Å². The monoisotopic (exact) mass is 171 g/mol. The van der Waals surface area contributed by atoms with Crippen molar-refractivity contribution in [2.45, 2.75) is 38.5 Å². The van der Waals surface area contributed by atoms with Gasteiger partial charge in [0.15, 0.2) is 0 Å². The average molecular weight is 171 g/mol. The SMILES string of the molecule is [CH2]CCCNCCCCCCN. The Morgan fingerprint density at radius 1 is 0.917 bits per heavy atom. The molecule has 0 aliphatic carbocycles. The molecule has 12 heavy (non-hydrogen) atoms. The number of rotatable bonds is 9. The second kappa shape index (κ2) is 10.9. The van der Waals surface area contributed by atoms with Crippen LogP contribution in [0.5, 0.6) is 0 Å². The summed E-state index contributed by atoms with van der Waals surface area (Å²) in [5.74, 6) is 0. The van der Waals surface area contributed by atoms with Gasteiger partial charge in [0.25, 0.3) is 0 Å². The number of nitrogens with one attached hydrogen (secondary N) is 1. The van der Waals surface area contributed by atoms with Crippen molar-refractivity contribution < 1.29 is 0 Å². The van der Waals surface area contributed by atoms with E-state index in [-0.39, 0.29) is 0 Å². The molecule has 0 heterocycles. The molecule has 0 bridgehead atoms. The molecule has 0 amide bonds. The summed E-state index contributed by atoms with van der Waals surface area (Å²) >= 11 is 0. The Hall–Kier alpha value is -0.0800. The quantitative estimate of drug-likeness (QED) is 0.518. The van der Waals surface area contributed by atoms with Gasteiger partial charge in [0, 0.05) is 0 Å². The molecule has 0 saturated heterocycles. The van der Waals surface area contributed by atoms with E-state index >= 15 is 0 Å². The third-order valence-corrected chi connectivity index (χ3v) is 1.91. The smallest absolute Gasteiger partial charge is 0.00489 e. The topological polar surface area (TPSA) is 38.0 Å². The molecule has 73 valence electrons. The maximum atomic E-state index is 5.39. The van der Waals surface area contributed by atoms with Crippen LogP contribution < -0.4 is 11.1 Å². The van der Waals surface area contributed by atoms with Crippen molar-refractivity contribution in [3.8, 4) is 0 Å². The molecule has 0 aromatic rings. The van der Waals surface area contributed by atoms with Crippen molar-refractivity contribution in [1.29, 1.82) is 0 Å². The molecule has 0 fully saturated rings. The largest absolute Gasteiger partial charge is 0.330 e. The van der Waals surface area contributed by atoms with Crippen molar-refractivity contribution in [2.75, 3.05) is 19.6 Å². The van der Waals surface area contributed by atoms with Gasteiger partial charge in [-0.3, -0.25) is 0 Å². The van der Waals surface area contributed by atoms with Crippen LogP contribution in [0.25, 0.3) is 0 Å². The van der Waals surface area contributed by atoms with Crippen LogP contribution >= 0.6 is 0 Å². The zero-order chi connectivity index (χ0) is 9.07. The van der Waals surface area contributed by atoms with Gasteiger partial charge in [-0.1, -0.05) is 26.2 Å². The van der Waals surface area contributed by atoms with E-state index in [0.717, 1.165) is 26.1 Å². The van der Waals surface area contributed by atoms with Crippen molar-refractivity contribution in [3.05, 3.63) is 6.92 Å². The highest BCUT2D eigenvalue weighted by Gasteiger charge is 1.88. The normalized spacial score (nSPS) is 10.5. The predicted octanol–water partition coefficient (Wildman–Crippen LogP) is 1.71. The lowest BCUT2D eigenvalue weighted by atomic mass is 10.2. The molecule has 0 spiro atoms. The van der Waals surface area contributed by atoms with E-state index < -0.39 is 0 Å². The van der Waals surface area contributed by atoms with Gasteiger partial charge in [0.2, 0.25) is 0 Å². The maximum absolute atomic E-state index is 5.39. The molecule has 0 aromatic carbocycles. The van der Waals surface area contributed by atoms with Crippen LogP contribution in [-0.2, 0) is 0 Å².